The molecular formula is C16H32N2. The molecule has 106 valence electrons. The molecule has 18 heavy (non-hydrogen) atoms. The van der Waals surface area contributed by atoms with E-state index >= 15 is 0 Å². The smallest absolute Gasteiger partial charge is 0.0261 e. The van der Waals surface area contributed by atoms with Crippen molar-refractivity contribution in [3.05, 3.63) is 0 Å². The van der Waals surface area contributed by atoms with Gasteiger partial charge in [0.15, 0.2) is 0 Å². The van der Waals surface area contributed by atoms with E-state index in [1.807, 2.05) is 0 Å². The van der Waals surface area contributed by atoms with E-state index < -0.39 is 0 Å². The Morgan fingerprint density at radius 1 is 1.11 bits per heavy atom. The Bertz CT molecular complexity index is 241. The predicted octanol–water partition coefficient (Wildman–Crippen LogP) is 3.37. The molecule has 2 saturated heterocycles. The van der Waals surface area contributed by atoms with E-state index in [0.29, 0.717) is 0 Å². The molecule has 2 fully saturated rings. The van der Waals surface area contributed by atoms with Gasteiger partial charge in [-0.1, -0.05) is 39.0 Å². The summed E-state index contributed by atoms with van der Waals surface area (Å²) in [5.41, 5.74) is 0. The Labute approximate surface area is 114 Å². The summed E-state index contributed by atoms with van der Waals surface area (Å²) < 4.78 is 0. The van der Waals surface area contributed by atoms with E-state index in [-0.39, 0.29) is 0 Å². The zero-order chi connectivity index (χ0) is 13.0. The highest BCUT2D eigenvalue weighted by Gasteiger charge is 2.40. The van der Waals surface area contributed by atoms with Crippen LogP contribution in [0.3, 0.4) is 0 Å². The molecular weight excluding hydrogens is 220 g/mol. The molecule has 2 rings (SSSR count). The maximum atomic E-state index is 2.75. The van der Waals surface area contributed by atoms with Crippen molar-refractivity contribution in [3.63, 3.8) is 0 Å². The van der Waals surface area contributed by atoms with Crippen LogP contribution in [-0.4, -0.2) is 48.6 Å². The highest BCUT2D eigenvalue weighted by Crippen LogP contribution is 2.31. The number of likely N-dealkylation sites (N-methyl/N-ethyl adjacent to an activating group) is 1. The fourth-order valence-corrected chi connectivity index (χ4v) is 3.79. The van der Waals surface area contributed by atoms with Gasteiger partial charge in [-0.3, -0.25) is 4.90 Å². The molecule has 0 radical (unpaired) electrons. The molecule has 0 bridgehead atoms. The van der Waals surface area contributed by atoms with Crippen LogP contribution in [0.2, 0.25) is 0 Å². The number of likely N-dealkylation sites (tertiary alicyclic amines) is 2. The van der Waals surface area contributed by atoms with Gasteiger partial charge < -0.3 is 4.90 Å². The van der Waals surface area contributed by atoms with E-state index in [0.717, 1.165) is 18.0 Å². The van der Waals surface area contributed by atoms with Crippen molar-refractivity contribution in [2.45, 2.75) is 70.9 Å². The fourth-order valence-electron chi connectivity index (χ4n) is 3.79. The first-order valence-corrected chi connectivity index (χ1v) is 8.16. The summed E-state index contributed by atoms with van der Waals surface area (Å²) in [5.74, 6) is 0.970. The van der Waals surface area contributed by atoms with Crippen LogP contribution < -0.4 is 0 Å². The maximum absolute atomic E-state index is 2.75. The molecule has 0 saturated carbocycles. The van der Waals surface area contributed by atoms with E-state index in [1.165, 1.54) is 64.6 Å². The quantitative estimate of drug-likeness (QED) is 0.641. The Morgan fingerprint density at radius 2 is 1.89 bits per heavy atom. The first-order chi connectivity index (χ1) is 8.72. The second kappa shape index (κ2) is 6.91. The lowest BCUT2D eigenvalue weighted by Gasteiger charge is -2.26. The normalized spacial score (nSPS) is 30.8. The van der Waals surface area contributed by atoms with Gasteiger partial charge in [-0.05, 0) is 39.3 Å². The van der Waals surface area contributed by atoms with Crippen LogP contribution in [0, 0.1) is 5.92 Å². The van der Waals surface area contributed by atoms with Gasteiger partial charge in [-0.15, -0.1) is 0 Å². The minimum Gasteiger partial charge on any atom is -0.302 e. The SMILES string of the molecule is CCCCCCCC(C)N1CC2CCN(C)C2C1. The third-order valence-electron chi connectivity index (χ3n) is 5.20. The van der Waals surface area contributed by atoms with Crippen molar-refractivity contribution in [1.82, 2.24) is 9.80 Å². The molecule has 3 atom stereocenters. The van der Waals surface area contributed by atoms with Crippen molar-refractivity contribution < 1.29 is 0 Å². The summed E-state index contributed by atoms with van der Waals surface area (Å²) in [5, 5.41) is 0. The monoisotopic (exact) mass is 252 g/mol. The molecule has 2 heterocycles. The van der Waals surface area contributed by atoms with Crippen molar-refractivity contribution in [2.24, 2.45) is 5.92 Å². The van der Waals surface area contributed by atoms with Crippen LogP contribution in [0.5, 0.6) is 0 Å². The molecule has 0 aromatic rings. The molecule has 2 heteroatoms. The van der Waals surface area contributed by atoms with Crippen LogP contribution in [0.1, 0.15) is 58.8 Å². The van der Waals surface area contributed by atoms with Gasteiger partial charge in [0.25, 0.3) is 0 Å². The summed E-state index contributed by atoms with van der Waals surface area (Å²) >= 11 is 0. The lowest BCUT2D eigenvalue weighted by atomic mass is 10.1. The molecule has 0 spiro atoms. The highest BCUT2D eigenvalue weighted by molar-refractivity contribution is 4.96. The largest absolute Gasteiger partial charge is 0.302 e. The first kappa shape index (κ1) is 14.3. The van der Waals surface area contributed by atoms with Crippen LogP contribution >= 0.6 is 0 Å². The van der Waals surface area contributed by atoms with Gasteiger partial charge in [-0.25, -0.2) is 0 Å². The zero-order valence-corrected chi connectivity index (χ0v) is 12.7. The van der Waals surface area contributed by atoms with E-state index in [1.54, 1.807) is 0 Å². The van der Waals surface area contributed by atoms with Crippen molar-refractivity contribution in [2.75, 3.05) is 26.7 Å². The second-order valence-electron chi connectivity index (χ2n) is 6.60. The van der Waals surface area contributed by atoms with Crippen LogP contribution in [0.4, 0.5) is 0 Å². The average Bonchev–Trinajstić information content (AvgIpc) is 2.92. The zero-order valence-electron chi connectivity index (χ0n) is 12.7. The van der Waals surface area contributed by atoms with E-state index in [2.05, 4.69) is 30.7 Å². The van der Waals surface area contributed by atoms with Gasteiger partial charge in [0, 0.05) is 25.2 Å². The van der Waals surface area contributed by atoms with Gasteiger partial charge >= 0.3 is 0 Å². The minimum atomic E-state index is 0.811. The number of rotatable bonds is 7. The number of fused-ring (bicyclic) bond motifs is 1. The first-order valence-electron chi connectivity index (χ1n) is 8.16. The molecule has 0 N–H and O–H groups in total. The van der Waals surface area contributed by atoms with E-state index in [9.17, 15) is 0 Å². The molecule has 2 aliphatic rings. The Balaban J connectivity index is 1.63. The Kier molecular flexibility index (Phi) is 5.50. The number of unbranched alkanes of at least 4 members (excludes halogenated alkanes) is 4. The molecule has 0 aromatic heterocycles. The predicted molar refractivity (Wildman–Crippen MR) is 78.9 cm³/mol. The summed E-state index contributed by atoms with van der Waals surface area (Å²) in [4.78, 5) is 5.34. The van der Waals surface area contributed by atoms with Crippen molar-refractivity contribution >= 4 is 0 Å². The number of nitrogens with zero attached hydrogens (tertiary/aromatic N) is 2. The number of hydrogen-bond donors (Lipinski definition) is 0. The molecule has 0 aliphatic carbocycles. The minimum absolute atomic E-state index is 0.811. The van der Waals surface area contributed by atoms with E-state index in [4.69, 9.17) is 0 Å². The van der Waals surface area contributed by atoms with Crippen LogP contribution in [0.25, 0.3) is 0 Å². The molecule has 3 unspecified atom stereocenters. The van der Waals surface area contributed by atoms with Crippen molar-refractivity contribution in [1.29, 1.82) is 0 Å². The lowest BCUT2D eigenvalue weighted by Crippen LogP contribution is -2.36. The molecule has 2 aliphatic heterocycles. The van der Waals surface area contributed by atoms with Crippen molar-refractivity contribution in [3.8, 4) is 0 Å². The molecule has 0 aromatic carbocycles. The Hall–Kier alpha value is -0.0800. The Morgan fingerprint density at radius 3 is 2.61 bits per heavy atom. The second-order valence-corrected chi connectivity index (χ2v) is 6.60. The molecule has 0 amide bonds. The topological polar surface area (TPSA) is 6.48 Å². The van der Waals surface area contributed by atoms with Gasteiger partial charge in [-0.2, -0.15) is 0 Å². The third kappa shape index (κ3) is 3.48. The maximum Gasteiger partial charge on any atom is 0.0261 e. The third-order valence-corrected chi connectivity index (χ3v) is 5.20. The number of hydrogen-bond acceptors (Lipinski definition) is 2. The van der Waals surface area contributed by atoms with Gasteiger partial charge in [0.2, 0.25) is 0 Å². The molecule has 2 nitrogen and oxygen atoms in total. The summed E-state index contributed by atoms with van der Waals surface area (Å²) in [6, 6.07) is 1.68. The average molecular weight is 252 g/mol. The lowest BCUT2D eigenvalue weighted by molar-refractivity contribution is 0.205. The van der Waals surface area contributed by atoms with Gasteiger partial charge in [0.1, 0.15) is 0 Å². The fraction of sp³-hybridized carbons (Fsp3) is 1.00. The highest BCUT2D eigenvalue weighted by atomic mass is 15.3. The van der Waals surface area contributed by atoms with Crippen LogP contribution in [-0.2, 0) is 0 Å². The van der Waals surface area contributed by atoms with Gasteiger partial charge in [0.05, 0.1) is 0 Å². The summed E-state index contributed by atoms with van der Waals surface area (Å²) in [6.07, 6.45) is 9.94. The standard InChI is InChI=1S/C16H32N2/c1-4-5-6-7-8-9-14(2)18-12-15-10-11-17(3)16(15)13-18/h14-16H,4-13H2,1-3H3. The summed E-state index contributed by atoms with van der Waals surface area (Å²) in [6.45, 7) is 8.76. The summed E-state index contributed by atoms with van der Waals surface area (Å²) in [7, 11) is 2.31. The van der Waals surface area contributed by atoms with Crippen LogP contribution in [0.15, 0.2) is 0 Å².